The summed E-state index contributed by atoms with van der Waals surface area (Å²) in [5, 5.41) is 28.5. The van der Waals surface area contributed by atoms with Crippen molar-refractivity contribution in [1.82, 2.24) is 4.90 Å². The van der Waals surface area contributed by atoms with Crippen molar-refractivity contribution in [3.63, 3.8) is 0 Å². The molecule has 23 heavy (non-hydrogen) atoms. The van der Waals surface area contributed by atoms with Crippen LogP contribution in [-0.4, -0.2) is 51.2 Å². The van der Waals surface area contributed by atoms with Gasteiger partial charge in [0, 0.05) is 19.1 Å². The Hall–Kier alpha value is -1.31. The lowest BCUT2D eigenvalue weighted by Crippen LogP contribution is -2.46. The summed E-state index contributed by atoms with van der Waals surface area (Å²) in [4.78, 5) is 1.60. The van der Waals surface area contributed by atoms with Gasteiger partial charge in [-0.15, -0.1) is 0 Å². The van der Waals surface area contributed by atoms with Gasteiger partial charge in [-0.05, 0) is 43.4 Å². The van der Waals surface area contributed by atoms with E-state index < -0.39 is 24.9 Å². The summed E-state index contributed by atoms with van der Waals surface area (Å²) in [7, 11) is 0. The summed E-state index contributed by atoms with van der Waals surface area (Å²) < 4.78 is 38.1. The third kappa shape index (κ3) is 5.37. The monoisotopic (exact) mass is 333 g/mol. The highest BCUT2D eigenvalue weighted by Gasteiger charge is 2.40. The van der Waals surface area contributed by atoms with E-state index in [9.17, 15) is 28.5 Å². The van der Waals surface area contributed by atoms with Crippen LogP contribution < -0.4 is 0 Å². The number of phenolic OH excluding ortho intramolecular Hbond substituents is 1. The van der Waals surface area contributed by atoms with E-state index in [4.69, 9.17) is 0 Å². The van der Waals surface area contributed by atoms with Gasteiger partial charge in [-0.1, -0.05) is 12.1 Å². The molecule has 7 heteroatoms. The van der Waals surface area contributed by atoms with Crippen molar-refractivity contribution in [2.45, 2.75) is 56.7 Å². The first-order chi connectivity index (χ1) is 10.8. The number of hydrogen-bond donors (Lipinski definition) is 3. The lowest BCUT2D eigenvalue weighted by atomic mass is 9.91. The van der Waals surface area contributed by atoms with E-state index in [1.165, 1.54) is 12.1 Å². The zero-order valence-electron chi connectivity index (χ0n) is 12.7. The van der Waals surface area contributed by atoms with Crippen LogP contribution in [0.15, 0.2) is 24.3 Å². The minimum Gasteiger partial charge on any atom is -0.508 e. The SMILES string of the molecule is Oc1cccc(CN(C[C@@H](O)C(F)(F)F)C2CCC(O)CC2)c1. The lowest BCUT2D eigenvalue weighted by Gasteiger charge is -2.37. The molecule has 0 amide bonds. The highest BCUT2D eigenvalue weighted by Crippen LogP contribution is 2.28. The van der Waals surface area contributed by atoms with Crippen LogP contribution in [0.3, 0.4) is 0 Å². The van der Waals surface area contributed by atoms with Crippen LogP contribution in [0.1, 0.15) is 31.2 Å². The Bertz CT molecular complexity index is 502. The van der Waals surface area contributed by atoms with Gasteiger partial charge >= 0.3 is 6.18 Å². The number of aliphatic hydroxyl groups is 2. The number of hydrogen-bond acceptors (Lipinski definition) is 4. The molecule has 0 unspecified atom stereocenters. The maximum atomic E-state index is 12.7. The highest BCUT2D eigenvalue weighted by atomic mass is 19.4. The first kappa shape index (κ1) is 18.0. The number of benzene rings is 1. The standard InChI is InChI=1S/C16H22F3NO3/c17-16(18,19)15(23)10-20(12-4-6-13(21)7-5-12)9-11-2-1-3-14(22)8-11/h1-3,8,12-13,15,21-23H,4-7,9-10H2/t12?,13?,15-/m1/s1. The van der Waals surface area contributed by atoms with Gasteiger partial charge in [-0.3, -0.25) is 4.90 Å². The average Bonchev–Trinajstić information content (AvgIpc) is 2.46. The molecule has 0 radical (unpaired) electrons. The molecule has 0 bridgehead atoms. The molecule has 2 rings (SSSR count). The van der Waals surface area contributed by atoms with Crippen molar-refractivity contribution in [3.05, 3.63) is 29.8 Å². The third-order valence-electron chi connectivity index (χ3n) is 4.26. The van der Waals surface area contributed by atoms with Gasteiger partial charge in [0.1, 0.15) is 5.75 Å². The Morgan fingerprint density at radius 3 is 2.39 bits per heavy atom. The summed E-state index contributed by atoms with van der Waals surface area (Å²) in [5.41, 5.74) is 0.686. The van der Waals surface area contributed by atoms with Gasteiger partial charge in [0.2, 0.25) is 0 Å². The van der Waals surface area contributed by atoms with Crippen LogP contribution >= 0.6 is 0 Å². The predicted octanol–water partition coefficient (Wildman–Crippen LogP) is 2.42. The van der Waals surface area contributed by atoms with Crippen LogP contribution in [0.4, 0.5) is 13.2 Å². The van der Waals surface area contributed by atoms with E-state index in [1.807, 2.05) is 0 Å². The minimum atomic E-state index is -4.66. The number of aliphatic hydroxyl groups excluding tert-OH is 2. The Morgan fingerprint density at radius 2 is 1.83 bits per heavy atom. The molecule has 1 saturated carbocycles. The number of rotatable bonds is 5. The minimum absolute atomic E-state index is 0.0536. The van der Waals surface area contributed by atoms with Gasteiger partial charge in [0.15, 0.2) is 6.10 Å². The topological polar surface area (TPSA) is 63.9 Å². The van der Waals surface area contributed by atoms with Gasteiger partial charge < -0.3 is 15.3 Å². The van der Waals surface area contributed by atoms with Crippen molar-refractivity contribution in [1.29, 1.82) is 0 Å². The lowest BCUT2D eigenvalue weighted by molar-refractivity contribution is -0.210. The zero-order chi connectivity index (χ0) is 17.0. The second-order valence-corrected chi connectivity index (χ2v) is 6.12. The third-order valence-corrected chi connectivity index (χ3v) is 4.26. The summed E-state index contributed by atoms with van der Waals surface area (Å²) in [5.74, 6) is 0.0536. The summed E-state index contributed by atoms with van der Waals surface area (Å²) in [6.07, 6.45) is -5.21. The van der Waals surface area contributed by atoms with Gasteiger partial charge in [0.05, 0.1) is 6.10 Å². The molecule has 1 aliphatic carbocycles. The smallest absolute Gasteiger partial charge is 0.415 e. The van der Waals surface area contributed by atoms with Crippen molar-refractivity contribution >= 4 is 0 Å². The molecule has 1 fully saturated rings. The van der Waals surface area contributed by atoms with Gasteiger partial charge in [-0.25, -0.2) is 0 Å². The maximum Gasteiger partial charge on any atom is 0.415 e. The van der Waals surface area contributed by atoms with Crippen LogP contribution in [0.2, 0.25) is 0 Å². The number of aromatic hydroxyl groups is 1. The van der Waals surface area contributed by atoms with E-state index in [2.05, 4.69) is 0 Å². The van der Waals surface area contributed by atoms with Gasteiger partial charge in [0.25, 0.3) is 0 Å². The van der Waals surface area contributed by atoms with Crippen molar-refractivity contribution in [2.75, 3.05) is 6.54 Å². The second-order valence-electron chi connectivity index (χ2n) is 6.12. The first-order valence-electron chi connectivity index (χ1n) is 7.70. The zero-order valence-corrected chi connectivity index (χ0v) is 12.7. The molecular formula is C16H22F3NO3. The van der Waals surface area contributed by atoms with E-state index in [-0.39, 0.29) is 18.3 Å². The quantitative estimate of drug-likeness (QED) is 0.774. The fourth-order valence-electron chi connectivity index (χ4n) is 2.98. The number of halogens is 3. The maximum absolute atomic E-state index is 12.7. The Labute approximate surface area is 133 Å². The molecule has 4 nitrogen and oxygen atoms in total. The van der Waals surface area contributed by atoms with Crippen molar-refractivity contribution in [3.8, 4) is 5.75 Å². The van der Waals surface area contributed by atoms with Crippen molar-refractivity contribution in [2.24, 2.45) is 0 Å². The molecule has 0 aromatic heterocycles. The van der Waals surface area contributed by atoms with Crippen LogP contribution in [0.5, 0.6) is 5.75 Å². The normalized spacial score (nSPS) is 23.9. The first-order valence-corrected chi connectivity index (χ1v) is 7.70. The fourth-order valence-corrected chi connectivity index (χ4v) is 2.98. The fraction of sp³-hybridized carbons (Fsp3) is 0.625. The van der Waals surface area contributed by atoms with Crippen molar-refractivity contribution < 1.29 is 28.5 Å². The summed E-state index contributed by atoms with van der Waals surface area (Å²) in [6, 6.07) is 6.23. The van der Waals surface area contributed by atoms with E-state index in [0.29, 0.717) is 31.2 Å². The second kappa shape index (κ2) is 7.51. The Kier molecular flexibility index (Phi) is 5.89. The molecule has 0 saturated heterocycles. The molecule has 0 aliphatic heterocycles. The molecule has 1 aromatic rings. The molecule has 0 spiro atoms. The molecule has 1 atom stereocenters. The Balaban J connectivity index is 2.10. The summed E-state index contributed by atoms with van der Waals surface area (Å²) >= 11 is 0. The van der Waals surface area contributed by atoms with E-state index in [1.54, 1.807) is 17.0 Å². The number of nitrogens with zero attached hydrogens (tertiary/aromatic N) is 1. The predicted molar refractivity (Wildman–Crippen MR) is 78.8 cm³/mol. The largest absolute Gasteiger partial charge is 0.508 e. The van der Waals surface area contributed by atoms with Crippen LogP contribution in [-0.2, 0) is 6.54 Å². The molecule has 1 aliphatic rings. The van der Waals surface area contributed by atoms with E-state index >= 15 is 0 Å². The molecule has 3 N–H and O–H groups in total. The van der Waals surface area contributed by atoms with E-state index in [0.717, 1.165) is 0 Å². The van der Waals surface area contributed by atoms with Crippen LogP contribution in [0.25, 0.3) is 0 Å². The van der Waals surface area contributed by atoms with Gasteiger partial charge in [-0.2, -0.15) is 13.2 Å². The average molecular weight is 333 g/mol. The summed E-state index contributed by atoms with van der Waals surface area (Å²) in [6.45, 7) is -0.303. The molecule has 1 aromatic carbocycles. The molecule has 130 valence electrons. The molecular weight excluding hydrogens is 311 g/mol. The Morgan fingerprint density at radius 1 is 1.17 bits per heavy atom. The highest BCUT2D eigenvalue weighted by molar-refractivity contribution is 5.27. The molecule has 0 heterocycles. The van der Waals surface area contributed by atoms with Crippen LogP contribution in [0, 0.1) is 0 Å². The number of alkyl halides is 3. The number of phenols is 1.